The number of hydrogen-bond donors (Lipinski definition) is 1. The van der Waals surface area contributed by atoms with Crippen molar-refractivity contribution in [2.45, 2.75) is 12.5 Å². The highest BCUT2D eigenvalue weighted by molar-refractivity contribution is 7.07. The van der Waals surface area contributed by atoms with Gasteiger partial charge in [0.1, 0.15) is 5.69 Å². The van der Waals surface area contributed by atoms with Gasteiger partial charge >= 0.3 is 0 Å². The van der Waals surface area contributed by atoms with Crippen molar-refractivity contribution in [1.82, 2.24) is 9.88 Å². The number of hydrogen-bond acceptors (Lipinski definition) is 4. The summed E-state index contributed by atoms with van der Waals surface area (Å²) in [5.41, 5.74) is 1.40. The van der Waals surface area contributed by atoms with E-state index in [-0.39, 0.29) is 5.91 Å². The Kier molecular flexibility index (Phi) is 1.85. The summed E-state index contributed by atoms with van der Waals surface area (Å²) in [6, 6.07) is 0. The van der Waals surface area contributed by atoms with E-state index < -0.39 is 5.60 Å². The molecular formula is C8H10N2O2S. The van der Waals surface area contributed by atoms with Crippen LogP contribution in [-0.2, 0) is 0 Å². The minimum Gasteiger partial charge on any atom is -0.386 e. The maximum atomic E-state index is 11.5. The summed E-state index contributed by atoms with van der Waals surface area (Å²) in [7, 11) is 0. The zero-order chi connectivity index (χ0) is 9.47. The van der Waals surface area contributed by atoms with Gasteiger partial charge in [-0.1, -0.05) is 0 Å². The van der Waals surface area contributed by atoms with Crippen LogP contribution < -0.4 is 0 Å². The molecule has 0 aromatic carbocycles. The molecule has 1 amide bonds. The zero-order valence-electron chi connectivity index (χ0n) is 7.23. The average molecular weight is 198 g/mol. The molecule has 0 unspecified atom stereocenters. The van der Waals surface area contributed by atoms with Crippen LogP contribution in [0, 0.1) is 0 Å². The molecule has 1 fully saturated rings. The Hall–Kier alpha value is -0.940. The second-order valence-electron chi connectivity index (χ2n) is 3.53. The Morgan fingerprint density at radius 2 is 2.46 bits per heavy atom. The molecule has 1 aliphatic rings. The Balaban J connectivity index is 2.02. The lowest BCUT2D eigenvalue weighted by Crippen LogP contribution is -2.61. The van der Waals surface area contributed by atoms with Crippen molar-refractivity contribution >= 4 is 17.2 Å². The predicted octanol–water partition coefficient (Wildman–Crippen LogP) is 0.350. The standard InChI is InChI=1S/C8H10N2O2S/c1-8(12)3-10(4-8)7(11)6-2-13-5-9-6/h2,5,12H,3-4H2,1H3. The van der Waals surface area contributed by atoms with Crippen LogP contribution in [0.3, 0.4) is 0 Å². The number of thiazole rings is 1. The minimum absolute atomic E-state index is 0.0900. The number of likely N-dealkylation sites (tertiary alicyclic amines) is 1. The lowest BCUT2D eigenvalue weighted by Gasteiger charge is -2.43. The summed E-state index contributed by atoms with van der Waals surface area (Å²) in [4.78, 5) is 17.0. The maximum Gasteiger partial charge on any atom is 0.273 e. The van der Waals surface area contributed by atoms with Crippen LogP contribution in [0.25, 0.3) is 0 Å². The highest BCUT2D eigenvalue weighted by Crippen LogP contribution is 2.21. The molecule has 1 saturated heterocycles. The van der Waals surface area contributed by atoms with Gasteiger partial charge in [-0.2, -0.15) is 0 Å². The normalized spacial score (nSPS) is 19.7. The monoisotopic (exact) mass is 198 g/mol. The molecule has 0 spiro atoms. The van der Waals surface area contributed by atoms with Gasteiger partial charge in [0.2, 0.25) is 0 Å². The number of carbonyl (C=O) groups is 1. The molecule has 1 N–H and O–H groups in total. The highest BCUT2D eigenvalue weighted by Gasteiger charge is 2.40. The Morgan fingerprint density at radius 3 is 2.92 bits per heavy atom. The third kappa shape index (κ3) is 1.57. The second-order valence-corrected chi connectivity index (χ2v) is 4.25. The van der Waals surface area contributed by atoms with E-state index in [1.165, 1.54) is 11.3 Å². The molecular weight excluding hydrogens is 188 g/mol. The summed E-state index contributed by atoms with van der Waals surface area (Å²) in [5.74, 6) is -0.0900. The number of aromatic nitrogens is 1. The summed E-state index contributed by atoms with van der Waals surface area (Å²) < 4.78 is 0. The molecule has 0 radical (unpaired) electrons. The van der Waals surface area contributed by atoms with Gasteiger partial charge in [0.25, 0.3) is 5.91 Å². The van der Waals surface area contributed by atoms with Gasteiger partial charge in [0.15, 0.2) is 0 Å². The average Bonchev–Trinajstić information content (AvgIpc) is 2.50. The summed E-state index contributed by atoms with van der Waals surface area (Å²) in [6.45, 7) is 2.53. The van der Waals surface area contributed by atoms with Crippen molar-refractivity contribution in [1.29, 1.82) is 0 Å². The first kappa shape index (κ1) is 8.65. The van der Waals surface area contributed by atoms with E-state index in [0.717, 1.165) is 0 Å². The van der Waals surface area contributed by atoms with E-state index in [9.17, 15) is 9.90 Å². The Bertz CT molecular complexity index is 313. The van der Waals surface area contributed by atoms with Crippen LogP contribution in [0.1, 0.15) is 17.4 Å². The van der Waals surface area contributed by atoms with Gasteiger partial charge in [-0.3, -0.25) is 4.79 Å². The quantitative estimate of drug-likeness (QED) is 0.708. The Labute approximate surface area is 79.8 Å². The van der Waals surface area contributed by atoms with Gasteiger partial charge in [0, 0.05) is 5.38 Å². The molecule has 0 atom stereocenters. The van der Waals surface area contributed by atoms with Crippen molar-refractivity contribution in [2.75, 3.05) is 13.1 Å². The predicted molar refractivity (Wildman–Crippen MR) is 48.6 cm³/mol. The third-order valence-electron chi connectivity index (χ3n) is 2.00. The largest absolute Gasteiger partial charge is 0.386 e. The van der Waals surface area contributed by atoms with Gasteiger partial charge < -0.3 is 10.0 Å². The van der Waals surface area contributed by atoms with Gasteiger partial charge in [-0.15, -0.1) is 11.3 Å². The minimum atomic E-state index is -0.703. The smallest absolute Gasteiger partial charge is 0.273 e. The van der Waals surface area contributed by atoms with Crippen molar-refractivity contribution < 1.29 is 9.90 Å². The lowest BCUT2D eigenvalue weighted by atomic mass is 9.97. The summed E-state index contributed by atoms with van der Waals surface area (Å²) in [6.07, 6.45) is 0. The molecule has 0 bridgehead atoms. The van der Waals surface area contributed by atoms with Gasteiger partial charge in [-0.05, 0) is 6.92 Å². The molecule has 13 heavy (non-hydrogen) atoms. The van der Waals surface area contributed by atoms with Crippen LogP contribution in [-0.4, -0.2) is 39.6 Å². The first-order valence-electron chi connectivity index (χ1n) is 3.98. The van der Waals surface area contributed by atoms with Crippen molar-refractivity contribution in [3.63, 3.8) is 0 Å². The first-order chi connectivity index (χ1) is 6.08. The fourth-order valence-corrected chi connectivity index (χ4v) is 1.93. The number of carbonyl (C=O) groups excluding carboxylic acids is 1. The van der Waals surface area contributed by atoms with E-state index in [0.29, 0.717) is 18.8 Å². The van der Waals surface area contributed by atoms with Crippen molar-refractivity contribution in [2.24, 2.45) is 0 Å². The molecule has 1 aromatic heterocycles. The van der Waals surface area contributed by atoms with E-state index in [4.69, 9.17) is 0 Å². The number of β-amino-alcohol motifs (C(OH)–C–C–N with tert-alkyl or cyclic N) is 1. The molecule has 2 heterocycles. The second kappa shape index (κ2) is 2.78. The number of aliphatic hydroxyl groups is 1. The molecule has 0 saturated carbocycles. The molecule has 5 heteroatoms. The van der Waals surface area contributed by atoms with Crippen LogP contribution >= 0.6 is 11.3 Å². The Morgan fingerprint density at radius 1 is 1.77 bits per heavy atom. The maximum absolute atomic E-state index is 11.5. The van der Waals surface area contributed by atoms with Crippen LogP contribution in [0.4, 0.5) is 0 Å². The topological polar surface area (TPSA) is 53.4 Å². The number of nitrogens with zero attached hydrogens (tertiary/aromatic N) is 2. The highest BCUT2D eigenvalue weighted by atomic mass is 32.1. The first-order valence-corrected chi connectivity index (χ1v) is 4.93. The van der Waals surface area contributed by atoms with E-state index >= 15 is 0 Å². The zero-order valence-corrected chi connectivity index (χ0v) is 8.04. The summed E-state index contributed by atoms with van der Waals surface area (Å²) >= 11 is 1.40. The van der Waals surface area contributed by atoms with Crippen LogP contribution in [0.5, 0.6) is 0 Å². The number of rotatable bonds is 1. The fourth-order valence-electron chi connectivity index (χ4n) is 1.40. The van der Waals surface area contributed by atoms with Crippen LogP contribution in [0.2, 0.25) is 0 Å². The van der Waals surface area contributed by atoms with Crippen molar-refractivity contribution in [3.8, 4) is 0 Å². The molecule has 1 aliphatic heterocycles. The molecule has 70 valence electrons. The van der Waals surface area contributed by atoms with Crippen LogP contribution in [0.15, 0.2) is 10.9 Å². The molecule has 4 nitrogen and oxygen atoms in total. The molecule has 1 aromatic rings. The third-order valence-corrected chi connectivity index (χ3v) is 2.59. The summed E-state index contributed by atoms with van der Waals surface area (Å²) in [5, 5.41) is 11.1. The van der Waals surface area contributed by atoms with Crippen molar-refractivity contribution in [3.05, 3.63) is 16.6 Å². The lowest BCUT2D eigenvalue weighted by molar-refractivity contribution is -0.0670. The van der Waals surface area contributed by atoms with E-state index in [1.807, 2.05) is 0 Å². The van der Waals surface area contributed by atoms with E-state index in [1.54, 1.807) is 22.7 Å². The van der Waals surface area contributed by atoms with Gasteiger partial charge in [-0.25, -0.2) is 4.98 Å². The molecule has 2 rings (SSSR count). The SMILES string of the molecule is CC1(O)CN(C(=O)c2cscn2)C1. The fraction of sp³-hybridized carbons (Fsp3) is 0.500. The molecule has 0 aliphatic carbocycles. The number of amides is 1. The van der Waals surface area contributed by atoms with E-state index in [2.05, 4.69) is 4.98 Å². The van der Waals surface area contributed by atoms with Gasteiger partial charge in [0.05, 0.1) is 24.2 Å².